The third-order valence-electron chi connectivity index (χ3n) is 5.09. The first kappa shape index (κ1) is 20.8. The molecule has 3 rings (SSSR count). The summed E-state index contributed by atoms with van der Waals surface area (Å²) in [4.78, 5) is 14.3. The number of benzene rings is 2. The number of carbonyl (C=O) groups excluding carboxylic acids is 1. The Labute approximate surface area is 171 Å². The fourth-order valence-corrected chi connectivity index (χ4v) is 5.07. The maximum absolute atomic E-state index is 12.4. The van der Waals surface area contributed by atoms with E-state index < -0.39 is 10.0 Å². The van der Waals surface area contributed by atoms with Crippen molar-refractivity contribution in [2.24, 2.45) is 5.92 Å². The molecule has 5 nitrogen and oxygen atoms in total. The third kappa shape index (κ3) is 5.56. The van der Waals surface area contributed by atoms with Gasteiger partial charge in [0.15, 0.2) is 0 Å². The van der Waals surface area contributed by atoms with E-state index >= 15 is 0 Å². The number of nitrogens with one attached hydrogen (secondary N) is 1. The molecular formula is C21H25ClN2O3S. The van der Waals surface area contributed by atoms with E-state index in [1.807, 2.05) is 11.0 Å². The Kier molecular flexibility index (Phi) is 7.10. The number of halogens is 1. The van der Waals surface area contributed by atoms with Gasteiger partial charge in [-0.3, -0.25) is 4.79 Å². The van der Waals surface area contributed by atoms with Crippen molar-refractivity contribution < 1.29 is 13.2 Å². The molecule has 1 saturated heterocycles. The van der Waals surface area contributed by atoms with Crippen molar-refractivity contribution in [2.45, 2.75) is 30.6 Å². The number of rotatable bonds is 7. The number of carbonyl (C=O) groups is 1. The van der Waals surface area contributed by atoms with Crippen molar-refractivity contribution in [2.75, 3.05) is 19.6 Å². The van der Waals surface area contributed by atoms with Gasteiger partial charge >= 0.3 is 0 Å². The second-order valence-electron chi connectivity index (χ2n) is 7.09. The van der Waals surface area contributed by atoms with E-state index in [4.69, 9.17) is 11.6 Å². The van der Waals surface area contributed by atoms with Crippen LogP contribution in [0, 0.1) is 5.92 Å². The van der Waals surface area contributed by atoms with Crippen LogP contribution in [0.1, 0.15) is 24.8 Å². The summed E-state index contributed by atoms with van der Waals surface area (Å²) in [5.74, 6) is 0.574. The van der Waals surface area contributed by atoms with E-state index in [0.29, 0.717) is 5.92 Å². The summed E-state index contributed by atoms with van der Waals surface area (Å²) in [6.45, 7) is 1.53. The lowest BCUT2D eigenvalue weighted by molar-refractivity contribution is -0.132. The first-order valence-corrected chi connectivity index (χ1v) is 11.4. The molecule has 0 atom stereocenters. The van der Waals surface area contributed by atoms with Crippen LogP contribution in [0.3, 0.4) is 0 Å². The summed E-state index contributed by atoms with van der Waals surface area (Å²) in [5.41, 5.74) is 1.33. The summed E-state index contributed by atoms with van der Waals surface area (Å²) >= 11 is 5.95. The normalized spacial score (nSPS) is 15.5. The molecule has 1 aliphatic rings. The van der Waals surface area contributed by atoms with Crippen LogP contribution in [0.25, 0.3) is 0 Å². The SMILES string of the molecule is O=C(CCNS(=O)(=O)c1ccccc1Cl)N1CCC(Cc2ccccc2)CC1. The molecule has 1 heterocycles. The van der Waals surface area contributed by atoms with E-state index in [2.05, 4.69) is 29.0 Å². The van der Waals surface area contributed by atoms with Crippen LogP contribution in [0.15, 0.2) is 59.5 Å². The van der Waals surface area contributed by atoms with Crippen molar-refractivity contribution in [3.05, 3.63) is 65.2 Å². The minimum Gasteiger partial charge on any atom is -0.343 e. The van der Waals surface area contributed by atoms with E-state index in [0.717, 1.165) is 32.4 Å². The lowest BCUT2D eigenvalue weighted by atomic mass is 9.90. The Morgan fingerprint density at radius 3 is 2.36 bits per heavy atom. The van der Waals surface area contributed by atoms with Crippen LogP contribution < -0.4 is 4.72 Å². The number of nitrogens with zero attached hydrogens (tertiary/aromatic N) is 1. The average Bonchev–Trinajstić information content (AvgIpc) is 2.69. The molecule has 0 unspecified atom stereocenters. The number of hydrogen-bond donors (Lipinski definition) is 1. The van der Waals surface area contributed by atoms with Gasteiger partial charge in [-0.2, -0.15) is 0 Å². The van der Waals surface area contributed by atoms with E-state index in [1.54, 1.807) is 12.1 Å². The molecule has 28 heavy (non-hydrogen) atoms. The first-order valence-electron chi connectivity index (χ1n) is 9.51. The molecule has 2 aromatic carbocycles. The van der Waals surface area contributed by atoms with Gasteiger partial charge in [0.25, 0.3) is 0 Å². The Balaban J connectivity index is 1.43. The molecule has 1 amide bonds. The predicted molar refractivity (Wildman–Crippen MR) is 111 cm³/mol. The number of amides is 1. The quantitative estimate of drug-likeness (QED) is 0.745. The van der Waals surface area contributed by atoms with Crippen molar-refractivity contribution >= 4 is 27.5 Å². The van der Waals surface area contributed by atoms with Crippen LogP contribution in [0.5, 0.6) is 0 Å². The average molecular weight is 421 g/mol. The zero-order valence-electron chi connectivity index (χ0n) is 15.7. The molecule has 0 aromatic heterocycles. The monoisotopic (exact) mass is 420 g/mol. The van der Waals surface area contributed by atoms with E-state index in [9.17, 15) is 13.2 Å². The van der Waals surface area contributed by atoms with Gasteiger partial charge in [0.2, 0.25) is 15.9 Å². The minimum atomic E-state index is -3.71. The summed E-state index contributed by atoms with van der Waals surface area (Å²) < 4.78 is 27.1. The molecule has 1 fully saturated rings. The van der Waals surface area contributed by atoms with Crippen LogP contribution in [0.4, 0.5) is 0 Å². The topological polar surface area (TPSA) is 66.5 Å². The molecule has 0 radical (unpaired) electrons. The van der Waals surface area contributed by atoms with Gasteiger partial charge in [-0.25, -0.2) is 13.1 Å². The Morgan fingerprint density at radius 1 is 1.04 bits per heavy atom. The molecule has 0 spiro atoms. The second kappa shape index (κ2) is 9.54. The van der Waals surface area contributed by atoms with Crippen LogP contribution >= 0.6 is 11.6 Å². The van der Waals surface area contributed by atoms with Gasteiger partial charge in [-0.1, -0.05) is 54.1 Å². The van der Waals surface area contributed by atoms with Crippen LogP contribution in [0.2, 0.25) is 5.02 Å². The molecular weight excluding hydrogens is 396 g/mol. The predicted octanol–water partition coefficient (Wildman–Crippen LogP) is 3.49. The lowest BCUT2D eigenvalue weighted by Gasteiger charge is -2.32. The highest BCUT2D eigenvalue weighted by Gasteiger charge is 2.23. The number of sulfonamides is 1. The summed E-state index contributed by atoms with van der Waals surface area (Å²) in [5, 5.41) is 0.168. The highest BCUT2D eigenvalue weighted by molar-refractivity contribution is 7.89. The largest absolute Gasteiger partial charge is 0.343 e. The standard InChI is InChI=1S/C21H25ClN2O3S/c22-19-8-4-5-9-20(19)28(26,27)23-13-10-21(25)24-14-11-18(12-15-24)16-17-6-2-1-3-7-17/h1-9,18,23H,10-16H2. The maximum Gasteiger partial charge on any atom is 0.242 e. The molecule has 150 valence electrons. The van der Waals surface area contributed by atoms with Gasteiger partial charge in [-0.15, -0.1) is 0 Å². The fraction of sp³-hybridized carbons (Fsp3) is 0.381. The van der Waals surface area contributed by atoms with Crippen LogP contribution in [-0.2, 0) is 21.2 Å². The van der Waals surface area contributed by atoms with Crippen molar-refractivity contribution in [3.8, 4) is 0 Å². The van der Waals surface area contributed by atoms with Crippen molar-refractivity contribution in [1.29, 1.82) is 0 Å². The third-order valence-corrected chi connectivity index (χ3v) is 7.05. The lowest BCUT2D eigenvalue weighted by Crippen LogP contribution is -2.40. The first-order chi connectivity index (χ1) is 13.5. The Hall–Kier alpha value is -1.89. The zero-order valence-corrected chi connectivity index (χ0v) is 17.3. The minimum absolute atomic E-state index is 0.0139. The van der Waals surface area contributed by atoms with Crippen molar-refractivity contribution in [3.63, 3.8) is 0 Å². The molecule has 1 N–H and O–H groups in total. The fourth-order valence-electron chi connectivity index (χ4n) is 3.52. The van der Waals surface area contributed by atoms with E-state index in [-0.39, 0.29) is 28.8 Å². The Morgan fingerprint density at radius 2 is 1.68 bits per heavy atom. The summed E-state index contributed by atoms with van der Waals surface area (Å²) in [7, 11) is -3.71. The van der Waals surface area contributed by atoms with Gasteiger partial charge in [0, 0.05) is 26.1 Å². The Bertz CT molecular complexity index is 895. The molecule has 0 bridgehead atoms. The molecule has 0 aliphatic carbocycles. The number of likely N-dealkylation sites (tertiary alicyclic amines) is 1. The summed E-state index contributed by atoms with van der Waals surface area (Å²) in [6, 6.07) is 16.7. The molecule has 2 aromatic rings. The van der Waals surface area contributed by atoms with Crippen molar-refractivity contribution in [1.82, 2.24) is 9.62 Å². The smallest absolute Gasteiger partial charge is 0.242 e. The highest BCUT2D eigenvalue weighted by atomic mass is 35.5. The van der Waals surface area contributed by atoms with Crippen LogP contribution in [-0.4, -0.2) is 38.9 Å². The maximum atomic E-state index is 12.4. The highest BCUT2D eigenvalue weighted by Crippen LogP contribution is 2.22. The molecule has 1 aliphatic heterocycles. The van der Waals surface area contributed by atoms with Gasteiger partial charge < -0.3 is 4.90 Å². The van der Waals surface area contributed by atoms with Gasteiger partial charge in [0.1, 0.15) is 4.90 Å². The molecule has 7 heteroatoms. The van der Waals surface area contributed by atoms with Gasteiger partial charge in [0.05, 0.1) is 5.02 Å². The molecule has 0 saturated carbocycles. The van der Waals surface area contributed by atoms with E-state index in [1.165, 1.54) is 17.7 Å². The second-order valence-corrected chi connectivity index (χ2v) is 9.23. The zero-order chi connectivity index (χ0) is 20.0. The van der Waals surface area contributed by atoms with Gasteiger partial charge in [-0.05, 0) is 42.9 Å². The number of piperidine rings is 1. The number of hydrogen-bond acceptors (Lipinski definition) is 3. The summed E-state index contributed by atoms with van der Waals surface area (Å²) in [6.07, 6.45) is 3.14.